The second kappa shape index (κ2) is 8.90. The minimum absolute atomic E-state index is 0.258. The van der Waals surface area contributed by atoms with Gasteiger partial charge in [0.2, 0.25) is 5.91 Å². The molecule has 0 saturated carbocycles. The number of hydrogen-bond acceptors (Lipinski definition) is 4. The molecule has 1 heterocycles. The molecule has 0 saturated heterocycles. The molecule has 1 aromatic heterocycles. The molecule has 1 amide bonds. The molecule has 0 aliphatic heterocycles. The second-order valence-corrected chi connectivity index (χ2v) is 6.16. The normalized spacial score (nSPS) is 11.5. The van der Waals surface area contributed by atoms with E-state index in [1.807, 2.05) is 12.1 Å². The van der Waals surface area contributed by atoms with Crippen LogP contribution in [0.5, 0.6) is 0 Å². The lowest BCUT2D eigenvalue weighted by atomic mass is 9.92. The number of ether oxygens (including phenoxy) is 1. The third kappa shape index (κ3) is 4.59. The number of amides is 1. The highest BCUT2D eigenvalue weighted by Gasteiger charge is 2.23. The molecule has 2 aromatic carbocycles. The van der Waals surface area contributed by atoms with E-state index in [1.54, 1.807) is 48.7 Å². The van der Waals surface area contributed by atoms with Gasteiger partial charge in [-0.15, -0.1) is 0 Å². The number of nitrogens with one attached hydrogen (secondary N) is 1. The molecule has 1 N–H and O–H groups in total. The van der Waals surface area contributed by atoms with Crippen LogP contribution in [0.25, 0.3) is 0 Å². The van der Waals surface area contributed by atoms with Crippen LogP contribution >= 0.6 is 0 Å². The summed E-state index contributed by atoms with van der Waals surface area (Å²) >= 11 is 0. The van der Waals surface area contributed by atoms with Crippen molar-refractivity contribution in [2.45, 2.75) is 12.3 Å². The predicted molar refractivity (Wildman–Crippen MR) is 103 cm³/mol. The Labute approximate surface area is 162 Å². The summed E-state index contributed by atoms with van der Waals surface area (Å²) in [5, 5.41) is 2.80. The number of halogens is 1. The molecule has 3 aromatic rings. The number of esters is 1. The number of hydrogen-bond donors (Lipinski definition) is 1. The molecule has 1 unspecified atom stereocenters. The fourth-order valence-electron chi connectivity index (χ4n) is 2.88. The number of nitrogens with zero attached hydrogens (tertiary/aromatic N) is 1. The van der Waals surface area contributed by atoms with Gasteiger partial charge in [0.25, 0.3) is 0 Å². The average Bonchev–Trinajstić information content (AvgIpc) is 2.73. The van der Waals surface area contributed by atoms with Crippen molar-refractivity contribution in [3.63, 3.8) is 0 Å². The van der Waals surface area contributed by atoms with Crippen molar-refractivity contribution in [3.8, 4) is 0 Å². The first-order chi connectivity index (χ1) is 13.6. The van der Waals surface area contributed by atoms with Crippen molar-refractivity contribution in [1.82, 2.24) is 4.98 Å². The van der Waals surface area contributed by atoms with Gasteiger partial charge in [-0.25, -0.2) is 9.18 Å². The fourth-order valence-corrected chi connectivity index (χ4v) is 2.88. The second-order valence-electron chi connectivity index (χ2n) is 6.16. The number of methoxy groups -OCH3 is 1. The Balaban J connectivity index is 1.91. The van der Waals surface area contributed by atoms with Gasteiger partial charge in [0.05, 0.1) is 24.3 Å². The third-order valence-corrected chi connectivity index (χ3v) is 4.32. The van der Waals surface area contributed by atoms with Crippen LogP contribution in [0.2, 0.25) is 0 Å². The summed E-state index contributed by atoms with van der Waals surface area (Å²) in [7, 11) is 1.28. The zero-order chi connectivity index (χ0) is 19.9. The Morgan fingerprint density at radius 1 is 1.04 bits per heavy atom. The van der Waals surface area contributed by atoms with Crippen LogP contribution in [-0.4, -0.2) is 24.0 Å². The molecule has 0 spiro atoms. The summed E-state index contributed by atoms with van der Waals surface area (Å²) in [6.45, 7) is 0. The summed E-state index contributed by atoms with van der Waals surface area (Å²) < 4.78 is 18.1. The topological polar surface area (TPSA) is 68.3 Å². The minimum atomic E-state index is -0.610. The molecule has 1 atom stereocenters. The summed E-state index contributed by atoms with van der Waals surface area (Å²) in [5.41, 5.74) is 2.00. The van der Waals surface area contributed by atoms with E-state index in [-0.39, 0.29) is 17.3 Å². The summed E-state index contributed by atoms with van der Waals surface area (Å²) in [4.78, 5) is 29.3. The Morgan fingerprint density at radius 3 is 2.43 bits per heavy atom. The number of carbonyl (C=O) groups excluding carboxylic acids is 2. The van der Waals surface area contributed by atoms with Gasteiger partial charge in [-0.3, -0.25) is 9.78 Å². The largest absolute Gasteiger partial charge is 0.465 e. The number of rotatable bonds is 6. The third-order valence-electron chi connectivity index (χ3n) is 4.32. The number of pyridine rings is 1. The van der Waals surface area contributed by atoms with Crippen LogP contribution in [0, 0.1) is 5.82 Å². The summed E-state index contributed by atoms with van der Waals surface area (Å²) in [6, 6.07) is 17.9. The summed E-state index contributed by atoms with van der Waals surface area (Å²) in [6.07, 6.45) is 1.99. The van der Waals surface area contributed by atoms with Crippen LogP contribution in [0.3, 0.4) is 0 Å². The monoisotopic (exact) mass is 378 g/mol. The van der Waals surface area contributed by atoms with E-state index in [9.17, 15) is 14.0 Å². The van der Waals surface area contributed by atoms with Crippen molar-refractivity contribution >= 4 is 17.6 Å². The lowest BCUT2D eigenvalue weighted by Crippen LogP contribution is -2.24. The molecule has 6 heteroatoms. The van der Waals surface area contributed by atoms with E-state index in [1.165, 1.54) is 19.2 Å². The molecular formula is C22H19FN2O3. The molecular weight excluding hydrogens is 359 g/mol. The number of carbonyl (C=O) groups is 2. The maximum atomic E-state index is 13.3. The van der Waals surface area contributed by atoms with Crippen molar-refractivity contribution in [3.05, 3.63) is 95.6 Å². The number of anilines is 1. The first kappa shape index (κ1) is 19.2. The highest BCUT2D eigenvalue weighted by molar-refractivity contribution is 6.03. The van der Waals surface area contributed by atoms with Crippen LogP contribution in [0.4, 0.5) is 10.1 Å². The van der Waals surface area contributed by atoms with Crippen molar-refractivity contribution in [2.24, 2.45) is 0 Å². The SMILES string of the molecule is COC(=O)c1ccccc1NC(=O)C(Cc1ccccn1)c1ccc(F)cc1. The van der Waals surface area contributed by atoms with Crippen LogP contribution < -0.4 is 5.32 Å². The quantitative estimate of drug-likeness (QED) is 0.659. The highest BCUT2D eigenvalue weighted by atomic mass is 19.1. The number of para-hydroxylation sites is 1. The molecule has 5 nitrogen and oxygen atoms in total. The van der Waals surface area contributed by atoms with Gasteiger partial charge >= 0.3 is 5.97 Å². The fraction of sp³-hybridized carbons (Fsp3) is 0.136. The number of benzene rings is 2. The Morgan fingerprint density at radius 2 is 1.75 bits per heavy atom. The van der Waals surface area contributed by atoms with Gasteiger partial charge in [-0.05, 0) is 42.0 Å². The first-order valence-corrected chi connectivity index (χ1v) is 8.72. The van der Waals surface area contributed by atoms with Gasteiger partial charge < -0.3 is 10.1 Å². The van der Waals surface area contributed by atoms with E-state index in [2.05, 4.69) is 10.3 Å². The minimum Gasteiger partial charge on any atom is -0.465 e. The lowest BCUT2D eigenvalue weighted by molar-refractivity contribution is -0.117. The standard InChI is InChI=1S/C22H19FN2O3/c1-28-22(27)18-7-2-3-8-20(18)25-21(26)19(14-17-6-4-5-13-24-17)15-9-11-16(23)12-10-15/h2-13,19H,14H2,1H3,(H,25,26). The van der Waals surface area contributed by atoms with E-state index < -0.39 is 11.9 Å². The smallest absolute Gasteiger partial charge is 0.339 e. The maximum Gasteiger partial charge on any atom is 0.339 e. The zero-order valence-electron chi connectivity index (χ0n) is 15.3. The van der Waals surface area contributed by atoms with E-state index in [0.29, 0.717) is 17.7 Å². The number of aromatic nitrogens is 1. The van der Waals surface area contributed by atoms with Gasteiger partial charge in [0.15, 0.2) is 0 Å². The van der Waals surface area contributed by atoms with Crippen molar-refractivity contribution < 1.29 is 18.7 Å². The molecule has 0 radical (unpaired) electrons. The lowest BCUT2D eigenvalue weighted by Gasteiger charge is -2.18. The van der Waals surface area contributed by atoms with Crippen LogP contribution in [0.1, 0.15) is 27.5 Å². The highest BCUT2D eigenvalue weighted by Crippen LogP contribution is 2.24. The van der Waals surface area contributed by atoms with E-state index in [0.717, 1.165) is 5.69 Å². The average molecular weight is 378 g/mol. The van der Waals surface area contributed by atoms with Crippen LogP contribution in [-0.2, 0) is 16.0 Å². The first-order valence-electron chi connectivity index (χ1n) is 8.72. The Kier molecular flexibility index (Phi) is 6.11. The molecule has 0 aliphatic rings. The van der Waals surface area contributed by atoms with E-state index in [4.69, 9.17) is 4.74 Å². The van der Waals surface area contributed by atoms with E-state index >= 15 is 0 Å². The summed E-state index contributed by atoms with van der Waals surface area (Å²) in [5.74, 6) is -1.86. The Hall–Kier alpha value is -3.54. The van der Waals surface area contributed by atoms with Crippen molar-refractivity contribution in [1.29, 1.82) is 0 Å². The Bertz CT molecular complexity index is 959. The molecule has 28 heavy (non-hydrogen) atoms. The molecule has 0 fully saturated rings. The van der Waals surface area contributed by atoms with Gasteiger partial charge in [-0.1, -0.05) is 30.3 Å². The molecule has 142 valence electrons. The van der Waals surface area contributed by atoms with Gasteiger partial charge in [0, 0.05) is 18.3 Å². The molecule has 3 rings (SSSR count). The van der Waals surface area contributed by atoms with Crippen molar-refractivity contribution in [2.75, 3.05) is 12.4 Å². The van der Waals surface area contributed by atoms with Gasteiger partial charge in [0.1, 0.15) is 5.82 Å². The van der Waals surface area contributed by atoms with Crippen LogP contribution in [0.15, 0.2) is 72.9 Å². The predicted octanol–water partition coefficient (Wildman–Crippen LogP) is 3.97. The zero-order valence-corrected chi connectivity index (χ0v) is 15.3. The maximum absolute atomic E-state index is 13.3. The van der Waals surface area contributed by atoms with Gasteiger partial charge in [-0.2, -0.15) is 0 Å². The molecule has 0 bridgehead atoms. The molecule has 0 aliphatic carbocycles.